The fourth-order valence-corrected chi connectivity index (χ4v) is 4.47. The fourth-order valence-electron chi connectivity index (χ4n) is 3.36. The third-order valence-electron chi connectivity index (χ3n) is 5.02. The highest BCUT2D eigenvalue weighted by molar-refractivity contribution is 7.15. The first-order valence-electron chi connectivity index (χ1n) is 9.65. The average molecular weight is 406 g/mol. The Hall–Kier alpha value is -2.99. The van der Waals surface area contributed by atoms with Crippen LogP contribution in [-0.2, 0) is 36.0 Å². The van der Waals surface area contributed by atoms with E-state index in [2.05, 4.69) is 24.0 Å². The van der Waals surface area contributed by atoms with E-state index in [-0.39, 0.29) is 19.0 Å². The summed E-state index contributed by atoms with van der Waals surface area (Å²) in [5.74, 6) is -0.242. The average Bonchev–Trinajstić information content (AvgIpc) is 3.28. The van der Waals surface area contributed by atoms with Crippen molar-refractivity contribution < 1.29 is 9.53 Å². The lowest BCUT2D eigenvalue weighted by atomic mass is 10.1. The maximum atomic E-state index is 12.4. The molecule has 0 aliphatic carbocycles. The molecule has 29 heavy (non-hydrogen) atoms. The van der Waals surface area contributed by atoms with Crippen LogP contribution < -0.4 is 0 Å². The Morgan fingerprint density at radius 3 is 2.86 bits per heavy atom. The van der Waals surface area contributed by atoms with Crippen LogP contribution in [0.25, 0.3) is 21.6 Å². The molecule has 0 fully saturated rings. The van der Waals surface area contributed by atoms with Gasteiger partial charge in [0.15, 0.2) is 0 Å². The number of aryl methyl sites for hydroxylation is 3. The molecule has 4 aromatic rings. The van der Waals surface area contributed by atoms with Crippen molar-refractivity contribution in [3.8, 4) is 10.6 Å². The van der Waals surface area contributed by atoms with Crippen molar-refractivity contribution in [2.75, 3.05) is 0 Å². The number of carbonyl (C=O) groups is 1. The number of carbonyl (C=O) groups excluding carboxylic acids is 1. The molecule has 0 unspecified atom stereocenters. The number of hydrogen-bond acceptors (Lipinski definition) is 5. The first kappa shape index (κ1) is 19.3. The zero-order valence-electron chi connectivity index (χ0n) is 16.8. The van der Waals surface area contributed by atoms with E-state index in [1.165, 1.54) is 5.56 Å². The fraction of sp³-hybridized carbons (Fsp3) is 0.261. The van der Waals surface area contributed by atoms with Gasteiger partial charge in [-0.05, 0) is 36.6 Å². The van der Waals surface area contributed by atoms with Crippen molar-refractivity contribution in [3.05, 3.63) is 70.5 Å². The number of thiazole rings is 1. The number of benzene rings is 2. The SMILES string of the molecule is CCc1ccccc1-c1nc(C)c(CC(=O)OCc2ccc3c(c2)ncn3C)s1. The zero-order chi connectivity index (χ0) is 20.4. The van der Waals surface area contributed by atoms with E-state index in [1.54, 1.807) is 17.7 Å². The predicted molar refractivity (Wildman–Crippen MR) is 116 cm³/mol. The number of nitrogens with zero attached hydrogens (tertiary/aromatic N) is 3. The summed E-state index contributed by atoms with van der Waals surface area (Å²) < 4.78 is 7.47. The normalized spacial score (nSPS) is 11.1. The summed E-state index contributed by atoms with van der Waals surface area (Å²) in [6.07, 6.45) is 2.97. The Bertz CT molecular complexity index is 1180. The first-order valence-corrected chi connectivity index (χ1v) is 10.5. The third-order valence-corrected chi connectivity index (χ3v) is 6.21. The Kier molecular flexibility index (Phi) is 5.45. The third kappa shape index (κ3) is 4.07. The minimum atomic E-state index is -0.242. The van der Waals surface area contributed by atoms with Crippen LogP contribution >= 0.6 is 11.3 Å². The van der Waals surface area contributed by atoms with E-state index in [1.807, 2.05) is 48.9 Å². The summed E-state index contributed by atoms with van der Waals surface area (Å²) >= 11 is 1.57. The summed E-state index contributed by atoms with van der Waals surface area (Å²) in [4.78, 5) is 22.4. The van der Waals surface area contributed by atoms with Crippen LogP contribution in [0.4, 0.5) is 0 Å². The second-order valence-corrected chi connectivity index (χ2v) is 8.14. The molecule has 0 bridgehead atoms. The molecule has 2 aromatic carbocycles. The number of hydrogen-bond donors (Lipinski definition) is 0. The molecule has 0 saturated heterocycles. The summed E-state index contributed by atoms with van der Waals surface area (Å²) in [7, 11) is 1.96. The molecule has 0 radical (unpaired) electrons. The van der Waals surface area contributed by atoms with Crippen molar-refractivity contribution >= 4 is 28.3 Å². The molecule has 5 nitrogen and oxygen atoms in total. The topological polar surface area (TPSA) is 57.0 Å². The van der Waals surface area contributed by atoms with Crippen LogP contribution in [0.15, 0.2) is 48.8 Å². The molecule has 0 amide bonds. The lowest BCUT2D eigenvalue weighted by Gasteiger charge is -2.05. The van der Waals surface area contributed by atoms with Crippen LogP contribution in [0.5, 0.6) is 0 Å². The van der Waals surface area contributed by atoms with E-state index < -0.39 is 0 Å². The van der Waals surface area contributed by atoms with Gasteiger partial charge >= 0.3 is 5.97 Å². The number of imidazole rings is 1. The van der Waals surface area contributed by atoms with Crippen LogP contribution in [0.3, 0.4) is 0 Å². The standard InChI is InChI=1S/C23H23N3O2S/c1-4-17-7-5-6-8-18(17)23-25-15(2)21(29-23)12-22(27)28-13-16-9-10-20-19(11-16)24-14-26(20)3/h5-11,14H,4,12-13H2,1-3H3. The molecule has 0 aliphatic heterocycles. The highest BCUT2D eigenvalue weighted by atomic mass is 32.1. The number of ether oxygens (including phenoxy) is 1. The largest absolute Gasteiger partial charge is 0.461 e. The minimum Gasteiger partial charge on any atom is -0.461 e. The number of fused-ring (bicyclic) bond motifs is 1. The van der Waals surface area contributed by atoms with Crippen LogP contribution in [0.1, 0.15) is 28.6 Å². The molecule has 2 aromatic heterocycles. The van der Waals surface area contributed by atoms with Crippen molar-refractivity contribution in [2.45, 2.75) is 33.3 Å². The van der Waals surface area contributed by atoms with Gasteiger partial charge in [-0.1, -0.05) is 37.3 Å². The quantitative estimate of drug-likeness (QED) is 0.430. The molecular weight excluding hydrogens is 382 g/mol. The molecule has 0 atom stereocenters. The maximum absolute atomic E-state index is 12.4. The Morgan fingerprint density at radius 2 is 2.03 bits per heavy atom. The summed E-state index contributed by atoms with van der Waals surface area (Å²) in [5.41, 5.74) is 6.19. The lowest BCUT2D eigenvalue weighted by molar-refractivity contribution is -0.144. The smallest absolute Gasteiger partial charge is 0.311 e. The van der Waals surface area contributed by atoms with Gasteiger partial charge in [0.25, 0.3) is 0 Å². The van der Waals surface area contributed by atoms with E-state index in [0.29, 0.717) is 0 Å². The molecular formula is C23H23N3O2S. The highest BCUT2D eigenvalue weighted by Crippen LogP contribution is 2.31. The van der Waals surface area contributed by atoms with E-state index in [0.717, 1.165) is 44.2 Å². The minimum absolute atomic E-state index is 0.240. The van der Waals surface area contributed by atoms with Crippen LogP contribution in [0.2, 0.25) is 0 Å². The summed E-state index contributed by atoms with van der Waals surface area (Å²) in [5, 5.41) is 0.961. The molecule has 0 aliphatic rings. The molecule has 0 N–H and O–H groups in total. The van der Waals surface area contributed by atoms with Gasteiger partial charge < -0.3 is 9.30 Å². The van der Waals surface area contributed by atoms with Gasteiger partial charge in [0, 0.05) is 17.5 Å². The lowest BCUT2D eigenvalue weighted by Crippen LogP contribution is -2.07. The van der Waals surface area contributed by atoms with Gasteiger partial charge in [-0.3, -0.25) is 4.79 Å². The van der Waals surface area contributed by atoms with Crippen molar-refractivity contribution in [1.29, 1.82) is 0 Å². The maximum Gasteiger partial charge on any atom is 0.311 e. The highest BCUT2D eigenvalue weighted by Gasteiger charge is 2.15. The van der Waals surface area contributed by atoms with Gasteiger partial charge in [-0.15, -0.1) is 11.3 Å². The zero-order valence-corrected chi connectivity index (χ0v) is 17.6. The first-order chi connectivity index (χ1) is 14.0. The Labute approximate surface area is 174 Å². The molecule has 148 valence electrons. The number of aromatic nitrogens is 3. The summed E-state index contributed by atoms with van der Waals surface area (Å²) in [6, 6.07) is 14.2. The van der Waals surface area contributed by atoms with Crippen molar-refractivity contribution in [1.82, 2.24) is 14.5 Å². The van der Waals surface area contributed by atoms with Gasteiger partial charge in [0.2, 0.25) is 0 Å². The number of esters is 1. The molecule has 6 heteroatoms. The molecule has 2 heterocycles. The number of rotatable bonds is 6. The molecule has 0 spiro atoms. The Balaban J connectivity index is 1.43. The predicted octanol–water partition coefficient (Wildman–Crippen LogP) is 4.85. The van der Waals surface area contributed by atoms with E-state index in [4.69, 9.17) is 9.72 Å². The second-order valence-electron chi connectivity index (χ2n) is 7.05. The monoisotopic (exact) mass is 405 g/mol. The van der Waals surface area contributed by atoms with Gasteiger partial charge in [0.1, 0.15) is 11.6 Å². The van der Waals surface area contributed by atoms with E-state index >= 15 is 0 Å². The van der Waals surface area contributed by atoms with Gasteiger partial charge in [-0.2, -0.15) is 0 Å². The van der Waals surface area contributed by atoms with Crippen molar-refractivity contribution in [3.63, 3.8) is 0 Å². The molecule has 0 saturated carbocycles. The van der Waals surface area contributed by atoms with Crippen molar-refractivity contribution in [2.24, 2.45) is 7.05 Å². The Morgan fingerprint density at radius 1 is 1.21 bits per heavy atom. The van der Waals surface area contributed by atoms with E-state index in [9.17, 15) is 4.79 Å². The van der Waals surface area contributed by atoms with Crippen LogP contribution in [0, 0.1) is 6.92 Å². The van der Waals surface area contributed by atoms with Gasteiger partial charge in [0.05, 0.1) is 29.5 Å². The second kappa shape index (κ2) is 8.17. The molecule has 4 rings (SSSR count). The van der Waals surface area contributed by atoms with Gasteiger partial charge in [-0.25, -0.2) is 9.97 Å². The van der Waals surface area contributed by atoms with Crippen LogP contribution in [-0.4, -0.2) is 20.5 Å². The summed E-state index contributed by atoms with van der Waals surface area (Å²) in [6.45, 7) is 4.33.